The van der Waals surface area contributed by atoms with E-state index < -0.39 is 0 Å². The van der Waals surface area contributed by atoms with Crippen LogP contribution in [0.25, 0.3) is 0 Å². The van der Waals surface area contributed by atoms with Crippen LogP contribution in [0.15, 0.2) is 29.2 Å². The summed E-state index contributed by atoms with van der Waals surface area (Å²) in [6.45, 7) is 6.87. The number of hydrogen-bond donors (Lipinski definition) is 1. The first-order valence-corrected chi connectivity index (χ1v) is 8.61. The molecular weight excluding hydrogens is 250 g/mol. The molecule has 1 aliphatic rings. The summed E-state index contributed by atoms with van der Waals surface area (Å²) < 4.78 is 0. The average Bonchev–Trinajstić information content (AvgIpc) is 2.90. The normalized spacial score (nSPS) is 17.9. The molecule has 0 bridgehead atoms. The molecule has 0 amide bonds. The molecule has 19 heavy (non-hydrogen) atoms. The zero-order valence-corrected chi connectivity index (χ0v) is 13.3. The highest BCUT2D eigenvalue weighted by atomic mass is 32.2. The van der Waals surface area contributed by atoms with E-state index in [2.05, 4.69) is 62.1 Å². The molecule has 1 atom stereocenters. The minimum absolute atomic E-state index is 0.574. The van der Waals surface area contributed by atoms with E-state index in [4.69, 9.17) is 0 Å². The van der Waals surface area contributed by atoms with E-state index in [9.17, 15) is 0 Å². The van der Waals surface area contributed by atoms with E-state index in [1.807, 2.05) is 0 Å². The van der Waals surface area contributed by atoms with Gasteiger partial charge in [-0.1, -0.05) is 45.7 Å². The lowest BCUT2D eigenvalue weighted by Crippen LogP contribution is -2.24. The van der Waals surface area contributed by atoms with Gasteiger partial charge in [0.1, 0.15) is 0 Å². The topological polar surface area (TPSA) is 12.0 Å². The van der Waals surface area contributed by atoms with Gasteiger partial charge < -0.3 is 5.32 Å². The Labute approximate surface area is 122 Å². The van der Waals surface area contributed by atoms with Gasteiger partial charge in [-0.3, -0.25) is 0 Å². The molecule has 0 aromatic heterocycles. The van der Waals surface area contributed by atoms with Crippen molar-refractivity contribution in [3.63, 3.8) is 0 Å². The summed E-state index contributed by atoms with van der Waals surface area (Å²) in [6, 6.07) is 9.40. The molecule has 0 saturated heterocycles. The molecule has 1 N–H and O–H groups in total. The summed E-state index contributed by atoms with van der Waals surface area (Å²) in [7, 11) is 0. The fraction of sp³-hybridized carbons (Fsp3) is 0.647. The Hall–Kier alpha value is -0.630. The third-order valence-corrected chi connectivity index (χ3v) is 5.48. The Morgan fingerprint density at radius 3 is 2.53 bits per heavy atom. The van der Waals surface area contributed by atoms with Crippen molar-refractivity contribution < 1.29 is 0 Å². The van der Waals surface area contributed by atoms with Gasteiger partial charge in [0.25, 0.3) is 0 Å². The predicted octanol–water partition coefficient (Wildman–Crippen LogP) is 5.57. The van der Waals surface area contributed by atoms with E-state index in [-0.39, 0.29) is 0 Å². The Morgan fingerprint density at radius 1 is 1.21 bits per heavy atom. The fourth-order valence-electron chi connectivity index (χ4n) is 2.81. The fourth-order valence-corrected chi connectivity index (χ4v) is 4.15. The van der Waals surface area contributed by atoms with Crippen molar-refractivity contribution in [3.8, 4) is 0 Å². The van der Waals surface area contributed by atoms with Crippen molar-refractivity contribution in [1.82, 2.24) is 0 Å². The van der Waals surface area contributed by atoms with Gasteiger partial charge in [-0.2, -0.15) is 0 Å². The Kier molecular flexibility index (Phi) is 5.62. The van der Waals surface area contributed by atoms with Crippen molar-refractivity contribution in [3.05, 3.63) is 24.3 Å². The molecule has 0 aliphatic heterocycles. The van der Waals surface area contributed by atoms with Gasteiger partial charge >= 0.3 is 0 Å². The molecule has 1 fully saturated rings. The van der Waals surface area contributed by atoms with E-state index >= 15 is 0 Å². The Morgan fingerprint density at radius 2 is 1.89 bits per heavy atom. The van der Waals surface area contributed by atoms with Crippen LogP contribution in [0.3, 0.4) is 0 Å². The zero-order valence-electron chi connectivity index (χ0n) is 12.5. The van der Waals surface area contributed by atoms with Crippen LogP contribution < -0.4 is 5.32 Å². The highest BCUT2D eigenvalue weighted by Gasteiger charge is 2.18. The largest absolute Gasteiger partial charge is 0.381 e. The van der Waals surface area contributed by atoms with E-state index in [1.54, 1.807) is 0 Å². The van der Waals surface area contributed by atoms with Gasteiger partial charge in [-0.05, 0) is 37.3 Å². The molecule has 0 radical (unpaired) electrons. The molecule has 1 unspecified atom stereocenters. The quantitative estimate of drug-likeness (QED) is 0.729. The Balaban J connectivity index is 2.06. The van der Waals surface area contributed by atoms with Gasteiger partial charge in [0.2, 0.25) is 0 Å². The first kappa shape index (κ1) is 14.8. The Bertz CT molecular complexity index is 383. The molecule has 2 rings (SSSR count). The maximum Gasteiger partial charge on any atom is 0.0480 e. The van der Waals surface area contributed by atoms with Crippen molar-refractivity contribution in [2.75, 3.05) is 5.32 Å². The van der Waals surface area contributed by atoms with Crippen molar-refractivity contribution in [1.29, 1.82) is 0 Å². The minimum Gasteiger partial charge on any atom is -0.381 e. The summed E-state index contributed by atoms with van der Waals surface area (Å²) >= 11 is 2.08. The first-order valence-electron chi connectivity index (χ1n) is 7.73. The number of hydrogen-bond acceptors (Lipinski definition) is 2. The van der Waals surface area contributed by atoms with Crippen LogP contribution in [0.4, 0.5) is 5.69 Å². The highest BCUT2D eigenvalue weighted by Crippen LogP contribution is 2.38. The summed E-state index contributed by atoms with van der Waals surface area (Å²) in [6.07, 6.45) is 6.79. The molecule has 1 aliphatic carbocycles. The van der Waals surface area contributed by atoms with Crippen LogP contribution in [0.1, 0.15) is 52.9 Å². The third-order valence-electron chi connectivity index (χ3n) is 4.07. The molecule has 0 heterocycles. The first-order chi connectivity index (χ1) is 9.20. The van der Waals surface area contributed by atoms with Crippen molar-refractivity contribution in [2.24, 2.45) is 5.92 Å². The lowest BCUT2D eigenvalue weighted by molar-refractivity contribution is 0.510. The number of para-hydroxylation sites is 1. The monoisotopic (exact) mass is 277 g/mol. The van der Waals surface area contributed by atoms with E-state index in [0.717, 1.165) is 5.25 Å². The van der Waals surface area contributed by atoms with Gasteiger partial charge in [0.15, 0.2) is 0 Å². The van der Waals surface area contributed by atoms with Crippen molar-refractivity contribution in [2.45, 2.75) is 69.1 Å². The predicted molar refractivity (Wildman–Crippen MR) is 87.1 cm³/mol. The van der Waals surface area contributed by atoms with Crippen molar-refractivity contribution >= 4 is 17.4 Å². The lowest BCUT2D eigenvalue weighted by Gasteiger charge is -2.24. The molecule has 0 spiro atoms. The second-order valence-electron chi connectivity index (χ2n) is 5.92. The molecule has 1 aromatic carbocycles. The van der Waals surface area contributed by atoms with Crippen LogP contribution in [0.5, 0.6) is 0 Å². The second kappa shape index (κ2) is 7.23. The zero-order chi connectivity index (χ0) is 13.7. The van der Waals surface area contributed by atoms with Gasteiger partial charge in [0, 0.05) is 21.9 Å². The average molecular weight is 277 g/mol. The van der Waals surface area contributed by atoms with Gasteiger partial charge in [-0.15, -0.1) is 11.8 Å². The van der Waals surface area contributed by atoms with E-state index in [1.165, 1.54) is 42.7 Å². The summed E-state index contributed by atoms with van der Waals surface area (Å²) in [5, 5.41) is 4.59. The molecule has 1 aromatic rings. The minimum atomic E-state index is 0.574. The van der Waals surface area contributed by atoms with Crippen LogP contribution in [0, 0.1) is 5.92 Å². The highest BCUT2D eigenvalue weighted by molar-refractivity contribution is 8.00. The van der Waals surface area contributed by atoms with Crippen LogP contribution >= 0.6 is 11.8 Å². The molecule has 2 heteroatoms. The maximum atomic E-state index is 3.75. The molecule has 1 saturated carbocycles. The van der Waals surface area contributed by atoms with Gasteiger partial charge in [-0.25, -0.2) is 0 Å². The van der Waals surface area contributed by atoms with E-state index in [0.29, 0.717) is 12.0 Å². The molecule has 106 valence electrons. The third kappa shape index (κ3) is 4.17. The van der Waals surface area contributed by atoms with Crippen LogP contribution in [0.2, 0.25) is 0 Å². The standard InChI is InChI=1S/C17H27NS/c1-4-15(13(2)3)18-16-11-7-8-12-17(16)19-14-9-5-6-10-14/h7-8,11-15,18H,4-6,9-10H2,1-3H3. The molecule has 1 nitrogen and oxygen atoms in total. The summed E-state index contributed by atoms with van der Waals surface area (Å²) in [5.41, 5.74) is 1.33. The number of anilines is 1. The van der Waals surface area contributed by atoms with Crippen LogP contribution in [-0.4, -0.2) is 11.3 Å². The smallest absolute Gasteiger partial charge is 0.0480 e. The number of benzene rings is 1. The summed E-state index contributed by atoms with van der Waals surface area (Å²) in [4.78, 5) is 1.44. The maximum absolute atomic E-state index is 3.75. The second-order valence-corrected chi connectivity index (χ2v) is 7.27. The SMILES string of the molecule is CCC(Nc1ccccc1SC1CCCC1)C(C)C. The van der Waals surface area contributed by atoms with Gasteiger partial charge in [0.05, 0.1) is 0 Å². The number of rotatable bonds is 6. The number of thioether (sulfide) groups is 1. The summed E-state index contributed by atoms with van der Waals surface area (Å²) in [5.74, 6) is 0.675. The molecular formula is C17H27NS. The lowest BCUT2D eigenvalue weighted by atomic mass is 10.0. The van der Waals surface area contributed by atoms with Crippen LogP contribution in [-0.2, 0) is 0 Å². The number of nitrogens with one attached hydrogen (secondary N) is 1.